The van der Waals surface area contributed by atoms with Crippen molar-refractivity contribution in [3.8, 4) is 11.3 Å². The van der Waals surface area contributed by atoms with Crippen LogP contribution in [-0.4, -0.2) is 45.1 Å². The second kappa shape index (κ2) is 5.85. The van der Waals surface area contributed by atoms with Gasteiger partial charge in [0, 0.05) is 30.4 Å². The molecule has 3 rings (SSSR count). The highest BCUT2D eigenvalue weighted by atomic mass is 16.3. The topological polar surface area (TPSA) is 66.3 Å². The van der Waals surface area contributed by atoms with E-state index in [-0.39, 0.29) is 5.91 Å². The predicted molar refractivity (Wildman–Crippen MR) is 83.5 cm³/mol. The van der Waals surface area contributed by atoms with Crippen LogP contribution in [0.5, 0.6) is 0 Å². The third-order valence-electron chi connectivity index (χ3n) is 3.93. The molecule has 1 saturated heterocycles. The highest BCUT2D eigenvalue weighted by molar-refractivity contribution is 5.94. The number of β-amino-alcohol motifs (C(OH)–C–C–N with tert-alkyl or cyclic N) is 1. The summed E-state index contributed by atoms with van der Waals surface area (Å²) in [6.45, 7) is 4.87. The number of hydrogen-bond donors (Lipinski definition) is 1. The maximum Gasteiger partial charge on any atom is 0.253 e. The Balaban J connectivity index is 1.83. The fourth-order valence-electron chi connectivity index (χ4n) is 2.69. The van der Waals surface area contributed by atoms with Crippen LogP contribution in [0.2, 0.25) is 0 Å². The molecule has 0 saturated carbocycles. The van der Waals surface area contributed by atoms with Crippen molar-refractivity contribution in [2.45, 2.75) is 26.4 Å². The first-order valence-corrected chi connectivity index (χ1v) is 7.42. The zero-order valence-electron chi connectivity index (χ0n) is 12.8. The molecule has 0 aliphatic carbocycles. The fraction of sp³-hybridized carbons (Fsp3) is 0.353. The number of amides is 1. The largest absolute Gasteiger partial charge is 0.391 e. The number of aromatic nitrogens is 2. The number of carbonyl (C=O) groups excluding carboxylic acids is 1. The summed E-state index contributed by atoms with van der Waals surface area (Å²) in [5.74, 6) is -0.0323. The van der Waals surface area contributed by atoms with Gasteiger partial charge in [-0.1, -0.05) is 12.1 Å². The van der Waals surface area contributed by atoms with Gasteiger partial charge in [0.25, 0.3) is 5.91 Å². The van der Waals surface area contributed by atoms with Crippen LogP contribution in [0.25, 0.3) is 11.3 Å². The van der Waals surface area contributed by atoms with Crippen LogP contribution in [0.1, 0.15) is 28.2 Å². The van der Waals surface area contributed by atoms with Crippen molar-refractivity contribution in [2.75, 3.05) is 13.1 Å². The molecule has 1 aromatic heterocycles. The molecule has 1 N–H and O–H groups in total. The molecule has 0 bridgehead atoms. The summed E-state index contributed by atoms with van der Waals surface area (Å²) in [4.78, 5) is 22.9. The average Bonchev–Trinajstić information content (AvgIpc) is 2.96. The second-order valence-corrected chi connectivity index (χ2v) is 5.72. The number of aryl methyl sites for hydroxylation is 2. The second-order valence-electron chi connectivity index (χ2n) is 5.72. The summed E-state index contributed by atoms with van der Waals surface area (Å²) in [6, 6.07) is 7.42. The number of likely N-dealkylation sites (tertiary alicyclic amines) is 1. The van der Waals surface area contributed by atoms with Crippen molar-refractivity contribution >= 4 is 5.91 Å². The minimum absolute atomic E-state index is 0.0323. The third-order valence-corrected chi connectivity index (χ3v) is 3.93. The van der Waals surface area contributed by atoms with Crippen molar-refractivity contribution in [3.63, 3.8) is 0 Å². The molecular weight excluding hydrogens is 278 g/mol. The van der Waals surface area contributed by atoms with E-state index in [1.165, 1.54) is 0 Å². The van der Waals surface area contributed by atoms with Crippen LogP contribution in [-0.2, 0) is 0 Å². The Bertz CT molecular complexity index is 698. The van der Waals surface area contributed by atoms with Crippen LogP contribution in [0.15, 0.2) is 30.5 Å². The van der Waals surface area contributed by atoms with E-state index >= 15 is 0 Å². The Morgan fingerprint density at radius 1 is 1.27 bits per heavy atom. The van der Waals surface area contributed by atoms with E-state index in [1.54, 1.807) is 11.1 Å². The fourth-order valence-corrected chi connectivity index (χ4v) is 2.69. The minimum Gasteiger partial charge on any atom is -0.391 e. The van der Waals surface area contributed by atoms with Gasteiger partial charge in [0.2, 0.25) is 0 Å². The number of benzene rings is 1. The van der Waals surface area contributed by atoms with Gasteiger partial charge in [0.1, 0.15) is 0 Å². The molecule has 114 valence electrons. The molecule has 1 aliphatic rings. The zero-order valence-corrected chi connectivity index (χ0v) is 12.8. The molecule has 5 heteroatoms. The third kappa shape index (κ3) is 2.85. The van der Waals surface area contributed by atoms with E-state index in [4.69, 9.17) is 0 Å². The molecule has 2 heterocycles. The standard InChI is InChI=1S/C17H19N3O2/c1-11-9-18-12(2)16(19-11)13-3-5-14(6-4-13)17(22)20-8-7-15(21)10-20/h3-6,9,15,21H,7-8,10H2,1-2H3/t15-/m1/s1. The lowest BCUT2D eigenvalue weighted by Crippen LogP contribution is -2.29. The van der Waals surface area contributed by atoms with Crippen molar-refractivity contribution in [3.05, 3.63) is 47.4 Å². The molecule has 22 heavy (non-hydrogen) atoms. The van der Waals surface area contributed by atoms with Gasteiger partial charge in [-0.2, -0.15) is 0 Å². The molecular formula is C17H19N3O2. The van der Waals surface area contributed by atoms with Crippen molar-refractivity contribution in [2.24, 2.45) is 0 Å². The number of aliphatic hydroxyl groups is 1. The van der Waals surface area contributed by atoms with E-state index in [0.717, 1.165) is 22.6 Å². The van der Waals surface area contributed by atoms with Gasteiger partial charge in [-0.05, 0) is 32.4 Å². The van der Waals surface area contributed by atoms with E-state index in [9.17, 15) is 9.90 Å². The maximum atomic E-state index is 12.3. The predicted octanol–water partition coefficient (Wildman–Crippen LogP) is 1.97. The van der Waals surface area contributed by atoms with E-state index in [2.05, 4.69) is 9.97 Å². The van der Waals surface area contributed by atoms with Gasteiger partial charge in [0.05, 0.1) is 23.2 Å². The molecule has 1 amide bonds. The van der Waals surface area contributed by atoms with Crippen molar-refractivity contribution in [1.82, 2.24) is 14.9 Å². The first-order chi connectivity index (χ1) is 10.5. The monoisotopic (exact) mass is 297 g/mol. The summed E-state index contributed by atoms with van der Waals surface area (Å²) in [5.41, 5.74) is 4.16. The molecule has 0 unspecified atom stereocenters. The highest BCUT2D eigenvalue weighted by Crippen LogP contribution is 2.21. The number of rotatable bonds is 2. The van der Waals surface area contributed by atoms with Crippen LogP contribution >= 0.6 is 0 Å². The van der Waals surface area contributed by atoms with Gasteiger partial charge in [-0.25, -0.2) is 4.98 Å². The lowest BCUT2D eigenvalue weighted by atomic mass is 10.1. The van der Waals surface area contributed by atoms with Gasteiger partial charge in [-0.3, -0.25) is 9.78 Å². The van der Waals surface area contributed by atoms with Crippen LogP contribution in [0, 0.1) is 13.8 Å². The van der Waals surface area contributed by atoms with E-state index in [1.807, 2.05) is 38.1 Å². The Morgan fingerprint density at radius 2 is 2.00 bits per heavy atom. The van der Waals surface area contributed by atoms with Gasteiger partial charge in [0.15, 0.2) is 0 Å². The highest BCUT2D eigenvalue weighted by Gasteiger charge is 2.25. The Kier molecular flexibility index (Phi) is 3.90. The molecule has 5 nitrogen and oxygen atoms in total. The van der Waals surface area contributed by atoms with Gasteiger partial charge < -0.3 is 10.0 Å². The first-order valence-electron chi connectivity index (χ1n) is 7.42. The number of carbonyl (C=O) groups is 1. The molecule has 1 atom stereocenters. The molecule has 2 aromatic rings. The van der Waals surface area contributed by atoms with Gasteiger partial charge in [-0.15, -0.1) is 0 Å². The lowest BCUT2D eigenvalue weighted by Gasteiger charge is -2.15. The first kappa shape index (κ1) is 14.7. The van der Waals surface area contributed by atoms with Crippen LogP contribution < -0.4 is 0 Å². The summed E-state index contributed by atoms with van der Waals surface area (Å²) in [5, 5.41) is 9.54. The summed E-state index contributed by atoms with van der Waals surface area (Å²) in [6.07, 6.45) is 2.01. The number of nitrogens with zero attached hydrogens (tertiary/aromatic N) is 3. The van der Waals surface area contributed by atoms with Crippen LogP contribution in [0.3, 0.4) is 0 Å². The summed E-state index contributed by atoms with van der Waals surface area (Å²) in [7, 11) is 0. The molecule has 1 fully saturated rings. The number of hydrogen-bond acceptors (Lipinski definition) is 4. The SMILES string of the molecule is Cc1cnc(C)c(-c2ccc(C(=O)N3CC[C@@H](O)C3)cc2)n1. The summed E-state index contributed by atoms with van der Waals surface area (Å²) >= 11 is 0. The Morgan fingerprint density at radius 3 is 2.64 bits per heavy atom. The lowest BCUT2D eigenvalue weighted by molar-refractivity contribution is 0.0765. The summed E-state index contributed by atoms with van der Waals surface area (Å²) < 4.78 is 0. The number of aliphatic hydroxyl groups excluding tert-OH is 1. The van der Waals surface area contributed by atoms with E-state index < -0.39 is 6.10 Å². The molecule has 0 radical (unpaired) electrons. The van der Waals surface area contributed by atoms with Gasteiger partial charge >= 0.3 is 0 Å². The normalized spacial score (nSPS) is 17.8. The maximum absolute atomic E-state index is 12.3. The van der Waals surface area contributed by atoms with E-state index in [0.29, 0.717) is 25.1 Å². The Hall–Kier alpha value is -2.27. The molecule has 1 aliphatic heterocycles. The van der Waals surface area contributed by atoms with Crippen molar-refractivity contribution in [1.29, 1.82) is 0 Å². The smallest absolute Gasteiger partial charge is 0.253 e. The average molecular weight is 297 g/mol. The molecule has 0 spiro atoms. The van der Waals surface area contributed by atoms with Crippen LogP contribution in [0.4, 0.5) is 0 Å². The molecule has 1 aromatic carbocycles. The quantitative estimate of drug-likeness (QED) is 0.920. The van der Waals surface area contributed by atoms with Crippen molar-refractivity contribution < 1.29 is 9.90 Å². The Labute approximate surface area is 129 Å². The zero-order chi connectivity index (χ0) is 15.7. The minimum atomic E-state index is -0.395.